The number of hydrogen-bond donors (Lipinski definition) is 2. The Morgan fingerprint density at radius 2 is 0.846 bits per heavy atom. The maximum Gasteiger partial charge on any atom is 0.306 e. The van der Waals surface area contributed by atoms with Crippen molar-refractivity contribution in [2.75, 3.05) is 5.73 Å². The van der Waals surface area contributed by atoms with Crippen molar-refractivity contribution in [1.29, 1.82) is 0 Å². The van der Waals surface area contributed by atoms with E-state index in [-0.39, 0.29) is 46.2 Å². The van der Waals surface area contributed by atoms with E-state index < -0.39 is 15.2 Å². The first-order valence-corrected chi connectivity index (χ1v) is 35.3. The van der Waals surface area contributed by atoms with Crippen LogP contribution in [0.3, 0.4) is 0 Å². The molecular formula is C71H74Cl5F3N6O5S. The molecule has 20 heteroatoms. The third-order valence-electron chi connectivity index (χ3n) is 21.0. The van der Waals surface area contributed by atoms with Crippen LogP contribution in [0.15, 0.2) is 128 Å². The second kappa shape index (κ2) is 30.5. The van der Waals surface area contributed by atoms with E-state index in [0.29, 0.717) is 93.3 Å². The number of hydrogen-bond acceptors (Lipinski definition) is 10. The van der Waals surface area contributed by atoms with Gasteiger partial charge in [-0.15, -0.1) is 0 Å². The van der Waals surface area contributed by atoms with Gasteiger partial charge in [0.15, 0.2) is 0 Å². The molecule has 5 heterocycles. The van der Waals surface area contributed by atoms with Crippen molar-refractivity contribution in [3.05, 3.63) is 178 Å². The molecule has 14 rings (SSSR count). The van der Waals surface area contributed by atoms with Gasteiger partial charge in [-0.3, -0.25) is 34.3 Å². The van der Waals surface area contributed by atoms with Crippen molar-refractivity contribution < 1.29 is 36.9 Å². The van der Waals surface area contributed by atoms with Crippen LogP contribution < -0.4 is 5.73 Å². The number of fused-ring (bicyclic) bond motifs is 6. The van der Waals surface area contributed by atoms with Crippen LogP contribution in [-0.2, 0) is 30.0 Å². The van der Waals surface area contributed by atoms with Gasteiger partial charge in [0.25, 0.3) is 0 Å². The number of nitrogens with two attached hydrogens (primary N) is 1. The molecule has 0 aliphatic heterocycles. The second-order valence-electron chi connectivity index (χ2n) is 26.1. The summed E-state index contributed by atoms with van der Waals surface area (Å²) in [7, 11) is 7.36. The molecule has 6 aliphatic rings. The Morgan fingerprint density at radius 1 is 0.505 bits per heavy atom. The van der Waals surface area contributed by atoms with Gasteiger partial charge >= 0.3 is 5.97 Å². The highest BCUT2D eigenvalue weighted by atomic mass is 36.0. The normalized spacial score (nSPS) is 26.2. The van der Waals surface area contributed by atoms with Crippen LogP contribution in [0.5, 0.6) is 0 Å². The number of carboxylic acids is 1. The maximum atomic E-state index is 13.9. The molecule has 11 nitrogen and oxygen atoms in total. The van der Waals surface area contributed by atoms with Crippen LogP contribution in [0, 0.1) is 88.5 Å². The van der Waals surface area contributed by atoms with E-state index >= 15 is 0 Å². The minimum atomic E-state index is -1.67. The minimum Gasteiger partial charge on any atom is -0.481 e. The van der Waals surface area contributed by atoms with E-state index in [2.05, 4.69) is 65.3 Å². The summed E-state index contributed by atoms with van der Waals surface area (Å²) in [5.74, 6) is 5.62. The molecule has 6 fully saturated rings. The molecule has 0 amide bonds. The first kappa shape index (κ1) is 68.1. The highest BCUT2D eigenvalue weighted by Crippen LogP contribution is 2.57. The molecule has 8 aromatic rings. The number of aliphatic carboxylic acids is 1. The third kappa shape index (κ3) is 16.9. The summed E-state index contributed by atoms with van der Waals surface area (Å²) in [6.45, 7) is 5.88. The molecule has 91 heavy (non-hydrogen) atoms. The molecule has 3 N–H and O–H groups in total. The molecule has 6 saturated carbocycles. The van der Waals surface area contributed by atoms with E-state index in [4.69, 9.17) is 44.7 Å². The summed E-state index contributed by atoms with van der Waals surface area (Å²) in [4.78, 5) is 56.6. The van der Waals surface area contributed by atoms with E-state index in [1.165, 1.54) is 41.1 Å². The fourth-order valence-corrected chi connectivity index (χ4v) is 16.8. The van der Waals surface area contributed by atoms with Crippen molar-refractivity contribution in [2.45, 2.75) is 122 Å². The number of carboxylic acid groups (broad SMARTS) is 1. The first-order valence-electron chi connectivity index (χ1n) is 31.3. The fourth-order valence-electron chi connectivity index (χ4n) is 16.4. The van der Waals surface area contributed by atoms with Gasteiger partial charge in [-0.2, -0.15) is 0 Å². The van der Waals surface area contributed by atoms with Crippen LogP contribution in [0.2, 0.25) is 10.0 Å². The van der Waals surface area contributed by atoms with Crippen LogP contribution in [0.25, 0.3) is 32.7 Å². The number of aromatic nitrogens is 5. The van der Waals surface area contributed by atoms with Crippen molar-refractivity contribution in [1.82, 2.24) is 24.9 Å². The number of Topliss-reactive ketones (excluding diaryl/α,β-unsaturated/α-hetero) is 1. The lowest BCUT2D eigenvalue weighted by Gasteiger charge is -2.21. The Kier molecular flexibility index (Phi) is 22.8. The van der Waals surface area contributed by atoms with Crippen molar-refractivity contribution in [3.63, 3.8) is 0 Å². The quantitative estimate of drug-likeness (QED) is 0.118. The number of halogens is 8. The average molecular weight is 1360 g/mol. The lowest BCUT2D eigenvalue weighted by Crippen LogP contribution is -2.22. The number of pyridine rings is 5. The molecule has 0 radical (unpaired) electrons. The lowest BCUT2D eigenvalue weighted by atomic mass is 9.83. The van der Waals surface area contributed by atoms with E-state index in [1.807, 2.05) is 44.6 Å². The molecule has 5 aromatic heterocycles. The molecule has 6 aliphatic carbocycles. The lowest BCUT2D eigenvalue weighted by molar-refractivity contribution is -0.143. The topological polar surface area (TPSA) is 179 Å². The molecule has 0 bridgehead atoms. The molecule has 0 saturated heterocycles. The molecule has 0 spiro atoms. The Labute approximate surface area is 555 Å². The van der Waals surface area contributed by atoms with Gasteiger partial charge in [0, 0.05) is 92.5 Å². The highest BCUT2D eigenvalue weighted by Gasteiger charge is 2.47. The van der Waals surface area contributed by atoms with Crippen LogP contribution in [0.4, 0.5) is 19.0 Å². The number of carbonyl (C=O) groups is 3. The van der Waals surface area contributed by atoms with E-state index in [9.17, 15) is 32.7 Å². The molecular weight excluding hydrogens is 1280 g/mol. The SMILES string of the molecule is CC(C(=O)Cc1ccc(Cl)cn1)C1C[C@H]2CC(c3ccnc4ccc(F)cc34)C[C@H]2C1.CC(C(=O)Cl)C1C[C@H]2CC(c3ccnc4ccc(F)cc34)C[C@H]2C1.CC(C(=O)O)C1C[C@H]2CC(c3ccnc4ccc(F)cc34)C[C@H]2C1.Nc1ccc(Cl)cn1.O=S(Cl)Cl. The summed E-state index contributed by atoms with van der Waals surface area (Å²) in [5, 5.41) is 13.1. The predicted molar refractivity (Wildman–Crippen MR) is 358 cm³/mol. The largest absolute Gasteiger partial charge is 0.481 e. The van der Waals surface area contributed by atoms with Crippen LogP contribution in [0.1, 0.15) is 138 Å². The monoisotopic (exact) mass is 1350 g/mol. The second-order valence-corrected chi connectivity index (χ2v) is 29.9. The Hall–Kier alpha value is -5.81. The first-order chi connectivity index (χ1) is 43.5. The zero-order chi connectivity index (χ0) is 64.8. The van der Waals surface area contributed by atoms with Crippen LogP contribution in [-0.4, -0.2) is 51.2 Å². The molecule has 15 atom stereocenters. The summed E-state index contributed by atoms with van der Waals surface area (Å²) in [6.07, 6.45) is 22.1. The Bertz CT molecular complexity index is 3720. The summed E-state index contributed by atoms with van der Waals surface area (Å²) in [6, 6.07) is 27.6. The van der Waals surface area contributed by atoms with Crippen LogP contribution >= 0.6 is 56.2 Å². The number of rotatable bonds is 11. The Morgan fingerprint density at radius 3 is 1.15 bits per heavy atom. The van der Waals surface area contributed by atoms with Gasteiger partial charge in [-0.1, -0.05) is 44.0 Å². The van der Waals surface area contributed by atoms with Gasteiger partial charge in [-0.05, 0) is 273 Å². The van der Waals surface area contributed by atoms with Gasteiger partial charge < -0.3 is 10.8 Å². The van der Waals surface area contributed by atoms with Gasteiger partial charge in [0.1, 0.15) is 29.1 Å². The number of carbonyl (C=O) groups excluding carboxylic acids is 2. The number of nitrogens with zero attached hydrogens (tertiary/aromatic N) is 5. The zero-order valence-corrected chi connectivity index (χ0v) is 55.4. The highest BCUT2D eigenvalue weighted by molar-refractivity contribution is 8.26. The van der Waals surface area contributed by atoms with Gasteiger partial charge in [0.2, 0.25) is 14.5 Å². The van der Waals surface area contributed by atoms with Gasteiger partial charge in [0.05, 0.1) is 32.5 Å². The Balaban J connectivity index is 0.000000138. The predicted octanol–water partition coefficient (Wildman–Crippen LogP) is 18.7. The smallest absolute Gasteiger partial charge is 0.306 e. The van der Waals surface area contributed by atoms with E-state index in [0.717, 1.165) is 115 Å². The third-order valence-corrected chi connectivity index (χ3v) is 21.8. The molecule has 480 valence electrons. The standard InChI is InChI=1S/C26H26ClFN2O.C20H21ClFNO.C20H22FNO2.C5H5ClN2.Cl2OS/c1-15(26(31)13-22-4-2-20(27)14-30-22)16-8-17-10-19(11-18(17)9-16)23-6-7-29-25-5-3-21(28)12-24(23)25;1-11(20(21)24)12-6-13-8-15(9-14(13)7-12)17-4-5-23-19-3-2-16(22)10-18(17)19;1-11(20(23)24)12-6-13-8-15(9-14(13)7-12)17-4-5-22-19-3-2-16(21)10-18(17)19;6-4-1-2-5(7)8-3-4;1-4(2)3/h2-7,12,14-19H,8-11,13H2,1H3;2-5,10-15H,6-9H2,1H3;2-5,10-15H,6-9H2,1H3,(H,23,24);1-3H,(H2,7,8);/t15?,16?,17-,18+,19?;2*11?,12?,13-,14+,15?;;. The maximum absolute atomic E-state index is 13.9. The van der Waals surface area contributed by atoms with Crippen molar-refractivity contribution >= 4 is 121 Å². The fraction of sp³-hybridized carbons (Fsp3) is 0.437. The summed E-state index contributed by atoms with van der Waals surface area (Å²) >= 11 is 17.1. The molecule has 3 aromatic carbocycles. The average Bonchev–Trinajstić information content (AvgIpc) is 1.77. The van der Waals surface area contributed by atoms with Crippen molar-refractivity contribution in [3.8, 4) is 0 Å². The number of nitrogen functional groups attached to an aromatic ring is 1. The number of anilines is 1. The van der Waals surface area contributed by atoms with E-state index in [1.54, 1.807) is 60.8 Å². The van der Waals surface area contributed by atoms with Crippen molar-refractivity contribution in [2.24, 2.45) is 71.0 Å². The summed E-state index contributed by atoms with van der Waals surface area (Å²) in [5.41, 5.74) is 12.3. The minimum absolute atomic E-state index is 0.0356. The van der Waals surface area contributed by atoms with Gasteiger partial charge in [-0.25, -0.2) is 22.4 Å². The zero-order valence-electron chi connectivity index (χ0n) is 50.8. The molecule has 9 unspecified atom stereocenters. The summed E-state index contributed by atoms with van der Waals surface area (Å²) < 4.78 is 50.3. The number of ketones is 1. The number of benzene rings is 3.